The summed E-state index contributed by atoms with van der Waals surface area (Å²) < 4.78 is 32.3. The van der Waals surface area contributed by atoms with Crippen LogP contribution < -0.4 is 5.73 Å². The molecule has 0 bridgehead atoms. The standard InChI is InChI=1S/C9H12N2O3S3/c1-14-9(15)16(2)11-17(12,13)8-5-3-7(10)4-6-8/h3-6H,10H2,1-2H3. The number of methoxy groups -OCH3 is 1. The Morgan fingerprint density at radius 2 is 1.94 bits per heavy atom. The quantitative estimate of drug-likeness (QED) is 0.656. The average molecular weight is 292 g/mol. The van der Waals surface area contributed by atoms with Gasteiger partial charge < -0.3 is 10.5 Å². The Hall–Kier alpha value is -0.990. The first-order valence-electron chi connectivity index (χ1n) is 4.44. The Labute approximate surface area is 108 Å². The Morgan fingerprint density at radius 1 is 1.41 bits per heavy atom. The number of nitrogens with two attached hydrogens (primary N) is 1. The summed E-state index contributed by atoms with van der Waals surface area (Å²) >= 11 is 4.83. The zero-order chi connectivity index (χ0) is 13.1. The number of benzene rings is 1. The van der Waals surface area contributed by atoms with Crippen molar-refractivity contribution in [3.63, 3.8) is 0 Å². The van der Waals surface area contributed by atoms with E-state index in [1.165, 1.54) is 31.4 Å². The van der Waals surface area contributed by atoms with E-state index in [-0.39, 0.29) is 9.28 Å². The fourth-order valence-electron chi connectivity index (χ4n) is 0.981. The molecule has 1 aromatic carbocycles. The third kappa shape index (κ3) is 3.76. The summed E-state index contributed by atoms with van der Waals surface area (Å²) in [4.78, 5) is 0.0879. The highest BCUT2D eigenvalue weighted by Gasteiger charge is 2.14. The molecule has 0 aliphatic heterocycles. The number of nitrogen functional groups attached to an aromatic ring is 1. The fourth-order valence-corrected chi connectivity index (χ4v) is 3.74. The summed E-state index contributed by atoms with van der Waals surface area (Å²) in [5.74, 6) is 0. The molecule has 17 heavy (non-hydrogen) atoms. The summed E-state index contributed by atoms with van der Waals surface area (Å²) in [6.45, 7) is 0. The van der Waals surface area contributed by atoms with Crippen LogP contribution in [0.4, 0.5) is 5.69 Å². The van der Waals surface area contributed by atoms with Crippen LogP contribution in [0.3, 0.4) is 0 Å². The number of anilines is 1. The second-order valence-electron chi connectivity index (χ2n) is 3.05. The molecule has 0 heterocycles. The van der Waals surface area contributed by atoms with Crippen molar-refractivity contribution in [1.29, 1.82) is 0 Å². The lowest BCUT2D eigenvalue weighted by Crippen LogP contribution is -2.07. The minimum absolute atomic E-state index is 0.0879. The number of sulfonamides is 1. The Balaban J connectivity index is 3.13. The summed E-state index contributed by atoms with van der Waals surface area (Å²) in [6.07, 6.45) is 1.58. The van der Waals surface area contributed by atoms with Gasteiger partial charge in [0.15, 0.2) is 0 Å². The monoisotopic (exact) mass is 292 g/mol. The van der Waals surface area contributed by atoms with Gasteiger partial charge in [0.2, 0.25) is 4.38 Å². The molecule has 5 nitrogen and oxygen atoms in total. The molecule has 0 saturated carbocycles. The topological polar surface area (TPSA) is 81.8 Å². The van der Waals surface area contributed by atoms with E-state index >= 15 is 0 Å². The average Bonchev–Trinajstić information content (AvgIpc) is 2.27. The SMILES string of the molecule is COC(=S)S(C)=NS(=O)(=O)c1ccc(N)cc1. The van der Waals surface area contributed by atoms with Crippen molar-refractivity contribution < 1.29 is 13.2 Å². The van der Waals surface area contributed by atoms with Crippen LogP contribution in [0.2, 0.25) is 0 Å². The molecule has 1 aromatic rings. The molecule has 0 radical (unpaired) electrons. The van der Waals surface area contributed by atoms with Gasteiger partial charge in [0.1, 0.15) is 0 Å². The number of thiocarbonyl (C=S) groups is 1. The lowest BCUT2D eigenvalue weighted by molar-refractivity contribution is 0.426. The molecule has 0 aliphatic carbocycles. The van der Waals surface area contributed by atoms with Crippen LogP contribution >= 0.6 is 12.2 Å². The fraction of sp³-hybridized carbons (Fsp3) is 0.222. The van der Waals surface area contributed by atoms with E-state index in [0.29, 0.717) is 5.69 Å². The van der Waals surface area contributed by atoms with E-state index in [4.69, 9.17) is 22.7 Å². The van der Waals surface area contributed by atoms with Gasteiger partial charge in [-0.05, 0) is 47.2 Å². The van der Waals surface area contributed by atoms with Crippen molar-refractivity contribution in [3.8, 4) is 0 Å². The summed E-state index contributed by atoms with van der Waals surface area (Å²) in [5.41, 5.74) is 5.97. The maximum absolute atomic E-state index is 11.9. The van der Waals surface area contributed by atoms with Gasteiger partial charge in [-0.3, -0.25) is 0 Å². The molecule has 0 saturated heterocycles. The normalized spacial score (nSPS) is 13.3. The second-order valence-corrected chi connectivity index (χ2v) is 7.02. The van der Waals surface area contributed by atoms with E-state index in [0.717, 1.165) is 0 Å². The molecule has 1 unspecified atom stereocenters. The third-order valence-electron chi connectivity index (χ3n) is 1.80. The van der Waals surface area contributed by atoms with E-state index in [2.05, 4.69) is 3.77 Å². The van der Waals surface area contributed by atoms with Crippen LogP contribution in [-0.2, 0) is 25.5 Å². The second kappa shape index (κ2) is 5.56. The first kappa shape index (κ1) is 14.1. The van der Waals surface area contributed by atoms with Gasteiger partial charge in [0.05, 0.1) is 12.0 Å². The number of rotatable bonds is 2. The Morgan fingerprint density at radius 3 is 2.41 bits per heavy atom. The number of hydrogen-bond donors (Lipinski definition) is 1. The van der Waals surface area contributed by atoms with E-state index in [9.17, 15) is 8.42 Å². The van der Waals surface area contributed by atoms with E-state index in [1.807, 2.05) is 0 Å². The van der Waals surface area contributed by atoms with Crippen LogP contribution in [0.1, 0.15) is 0 Å². The largest absolute Gasteiger partial charge is 0.481 e. The Kier molecular flexibility index (Phi) is 4.61. The van der Waals surface area contributed by atoms with Gasteiger partial charge in [-0.15, -0.1) is 3.77 Å². The molecular weight excluding hydrogens is 280 g/mol. The zero-order valence-electron chi connectivity index (χ0n) is 9.28. The third-order valence-corrected chi connectivity index (χ3v) is 5.88. The van der Waals surface area contributed by atoms with Crippen LogP contribution in [0, 0.1) is 0 Å². The molecule has 1 rings (SSSR count). The van der Waals surface area contributed by atoms with Crippen molar-refractivity contribution in [1.82, 2.24) is 0 Å². The summed E-state index contributed by atoms with van der Waals surface area (Å²) in [5, 5.41) is 0. The number of ether oxygens (including phenoxy) is 1. The summed E-state index contributed by atoms with van der Waals surface area (Å²) in [6, 6.07) is 5.82. The maximum Gasteiger partial charge on any atom is 0.288 e. The predicted octanol–water partition coefficient (Wildman–Crippen LogP) is 1.32. The first-order chi connectivity index (χ1) is 7.86. The minimum Gasteiger partial charge on any atom is -0.481 e. The molecule has 0 spiro atoms. The lowest BCUT2D eigenvalue weighted by Gasteiger charge is -2.03. The van der Waals surface area contributed by atoms with Crippen LogP contribution in [0.15, 0.2) is 32.9 Å². The smallest absolute Gasteiger partial charge is 0.288 e. The lowest BCUT2D eigenvalue weighted by atomic mass is 10.3. The van der Waals surface area contributed by atoms with Crippen LogP contribution in [0.25, 0.3) is 0 Å². The molecular formula is C9H12N2O3S3. The molecule has 0 aromatic heterocycles. The van der Waals surface area contributed by atoms with Gasteiger partial charge in [0, 0.05) is 11.9 Å². The van der Waals surface area contributed by atoms with Gasteiger partial charge in [0.25, 0.3) is 10.0 Å². The van der Waals surface area contributed by atoms with Gasteiger partial charge in [-0.1, -0.05) is 0 Å². The van der Waals surface area contributed by atoms with Crippen LogP contribution in [-0.4, -0.2) is 26.2 Å². The zero-order valence-corrected chi connectivity index (χ0v) is 11.7. The van der Waals surface area contributed by atoms with Crippen molar-refractivity contribution in [2.75, 3.05) is 19.1 Å². The van der Waals surface area contributed by atoms with Crippen molar-refractivity contribution in [2.24, 2.45) is 3.77 Å². The van der Waals surface area contributed by atoms with Gasteiger partial charge in [-0.25, -0.2) is 0 Å². The van der Waals surface area contributed by atoms with E-state index in [1.54, 1.807) is 6.26 Å². The molecule has 1 atom stereocenters. The van der Waals surface area contributed by atoms with Crippen molar-refractivity contribution in [2.45, 2.75) is 4.90 Å². The van der Waals surface area contributed by atoms with Crippen molar-refractivity contribution in [3.05, 3.63) is 24.3 Å². The number of nitrogens with zero attached hydrogens (tertiary/aromatic N) is 1. The van der Waals surface area contributed by atoms with Crippen LogP contribution in [0.5, 0.6) is 0 Å². The molecule has 94 valence electrons. The molecule has 0 fully saturated rings. The van der Waals surface area contributed by atoms with E-state index < -0.39 is 20.7 Å². The highest BCUT2D eigenvalue weighted by Crippen LogP contribution is 2.15. The highest BCUT2D eigenvalue weighted by atomic mass is 32.3. The Bertz CT molecular complexity index is 549. The molecule has 8 heteroatoms. The predicted molar refractivity (Wildman–Crippen MR) is 73.4 cm³/mol. The van der Waals surface area contributed by atoms with Gasteiger partial charge >= 0.3 is 0 Å². The first-order valence-corrected chi connectivity index (χ1v) is 7.88. The highest BCUT2D eigenvalue weighted by molar-refractivity contribution is 8.16. The molecule has 0 amide bonds. The summed E-state index contributed by atoms with van der Waals surface area (Å²) in [7, 11) is -3.31. The maximum atomic E-state index is 11.9. The minimum atomic E-state index is -3.72. The molecule has 2 N–H and O–H groups in total. The van der Waals surface area contributed by atoms with Crippen molar-refractivity contribution >= 4 is 43.0 Å². The van der Waals surface area contributed by atoms with Gasteiger partial charge in [-0.2, -0.15) is 8.42 Å². The number of hydrogen-bond acceptors (Lipinski definition) is 5. The molecule has 0 aliphatic rings.